The van der Waals surface area contributed by atoms with Gasteiger partial charge in [-0.3, -0.25) is 4.99 Å². The molecule has 1 aliphatic carbocycles. The SMILES string of the molecule is CCOCCC1(CN=C(NCCc2ccco2)NCC2CCOC2)CCCC1. The van der Waals surface area contributed by atoms with Gasteiger partial charge in [0, 0.05) is 51.8 Å². The van der Waals surface area contributed by atoms with E-state index in [-0.39, 0.29) is 0 Å². The first-order valence-corrected chi connectivity index (χ1v) is 11.0. The van der Waals surface area contributed by atoms with Crippen LogP contribution in [0, 0.1) is 11.3 Å². The molecule has 2 heterocycles. The Morgan fingerprint density at radius 3 is 2.93 bits per heavy atom. The number of aliphatic imine (C=N–C) groups is 1. The first kappa shape index (κ1) is 21.2. The summed E-state index contributed by atoms with van der Waals surface area (Å²) >= 11 is 0. The Morgan fingerprint density at radius 2 is 2.21 bits per heavy atom. The largest absolute Gasteiger partial charge is 0.469 e. The van der Waals surface area contributed by atoms with E-state index in [1.165, 1.54) is 25.7 Å². The van der Waals surface area contributed by atoms with E-state index in [1.807, 2.05) is 12.1 Å². The molecule has 1 atom stereocenters. The van der Waals surface area contributed by atoms with Crippen molar-refractivity contribution in [3.8, 4) is 0 Å². The van der Waals surface area contributed by atoms with Gasteiger partial charge in [0.15, 0.2) is 5.96 Å². The van der Waals surface area contributed by atoms with Crippen molar-refractivity contribution in [1.82, 2.24) is 10.6 Å². The van der Waals surface area contributed by atoms with Gasteiger partial charge < -0.3 is 24.5 Å². The van der Waals surface area contributed by atoms with Gasteiger partial charge in [-0.05, 0) is 50.2 Å². The van der Waals surface area contributed by atoms with Crippen molar-refractivity contribution < 1.29 is 13.9 Å². The minimum absolute atomic E-state index is 0.307. The topological polar surface area (TPSA) is 68.0 Å². The molecule has 1 saturated heterocycles. The first-order valence-electron chi connectivity index (χ1n) is 11.0. The fourth-order valence-electron chi connectivity index (χ4n) is 4.21. The molecule has 0 radical (unpaired) electrons. The lowest BCUT2D eigenvalue weighted by Gasteiger charge is -2.27. The highest BCUT2D eigenvalue weighted by Gasteiger charge is 2.33. The fraction of sp³-hybridized carbons (Fsp3) is 0.773. The third-order valence-corrected chi connectivity index (χ3v) is 6.04. The molecule has 0 amide bonds. The number of guanidine groups is 1. The second-order valence-electron chi connectivity index (χ2n) is 8.19. The molecule has 1 saturated carbocycles. The molecule has 1 aromatic heterocycles. The van der Waals surface area contributed by atoms with E-state index in [4.69, 9.17) is 18.9 Å². The lowest BCUT2D eigenvalue weighted by atomic mass is 9.83. The van der Waals surface area contributed by atoms with Crippen LogP contribution in [0.5, 0.6) is 0 Å². The normalized spacial score (nSPS) is 21.9. The highest BCUT2D eigenvalue weighted by molar-refractivity contribution is 5.79. The Kier molecular flexibility index (Phi) is 8.68. The number of nitrogens with zero attached hydrogens (tertiary/aromatic N) is 1. The van der Waals surface area contributed by atoms with Crippen LogP contribution >= 0.6 is 0 Å². The van der Waals surface area contributed by atoms with E-state index in [0.29, 0.717) is 11.3 Å². The molecule has 0 aromatic carbocycles. The Balaban J connectivity index is 1.54. The van der Waals surface area contributed by atoms with Crippen LogP contribution in [0.4, 0.5) is 0 Å². The predicted molar refractivity (Wildman–Crippen MR) is 112 cm³/mol. The molecule has 0 spiro atoms. The second-order valence-corrected chi connectivity index (χ2v) is 8.19. The Labute approximate surface area is 169 Å². The van der Waals surface area contributed by atoms with Crippen molar-refractivity contribution in [1.29, 1.82) is 0 Å². The van der Waals surface area contributed by atoms with Crippen LogP contribution in [0.25, 0.3) is 0 Å². The summed E-state index contributed by atoms with van der Waals surface area (Å²) < 4.78 is 16.6. The van der Waals surface area contributed by atoms with Gasteiger partial charge in [0.25, 0.3) is 0 Å². The smallest absolute Gasteiger partial charge is 0.191 e. The number of furan rings is 1. The maximum Gasteiger partial charge on any atom is 0.191 e. The molecular formula is C22H37N3O3. The van der Waals surface area contributed by atoms with Gasteiger partial charge in [-0.2, -0.15) is 0 Å². The third kappa shape index (κ3) is 6.82. The highest BCUT2D eigenvalue weighted by Crippen LogP contribution is 2.41. The van der Waals surface area contributed by atoms with Gasteiger partial charge in [-0.1, -0.05) is 12.8 Å². The summed E-state index contributed by atoms with van der Waals surface area (Å²) in [6, 6.07) is 3.95. The van der Waals surface area contributed by atoms with Crippen LogP contribution in [-0.2, 0) is 15.9 Å². The van der Waals surface area contributed by atoms with Gasteiger partial charge in [-0.15, -0.1) is 0 Å². The molecule has 2 fully saturated rings. The Morgan fingerprint density at radius 1 is 1.32 bits per heavy atom. The molecule has 6 heteroatoms. The van der Waals surface area contributed by atoms with E-state index < -0.39 is 0 Å². The zero-order valence-electron chi connectivity index (χ0n) is 17.4. The zero-order valence-corrected chi connectivity index (χ0v) is 17.4. The van der Waals surface area contributed by atoms with Crippen LogP contribution in [0.2, 0.25) is 0 Å². The summed E-state index contributed by atoms with van der Waals surface area (Å²) in [5.74, 6) is 2.50. The van der Waals surface area contributed by atoms with E-state index >= 15 is 0 Å². The third-order valence-electron chi connectivity index (χ3n) is 6.04. The molecule has 1 aliphatic heterocycles. The average molecular weight is 392 g/mol. The number of hydrogen-bond donors (Lipinski definition) is 2. The number of rotatable bonds is 11. The molecule has 28 heavy (non-hydrogen) atoms. The summed E-state index contributed by atoms with van der Waals surface area (Å²) in [4.78, 5) is 5.00. The van der Waals surface area contributed by atoms with E-state index in [0.717, 1.165) is 77.0 Å². The lowest BCUT2D eigenvalue weighted by Crippen LogP contribution is -2.41. The average Bonchev–Trinajstić information content (AvgIpc) is 3.47. The Hall–Kier alpha value is -1.53. The molecule has 2 aliphatic rings. The minimum atomic E-state index is 0.307. The minimum Gasteiger partial charge on any atom is -0.469 e. The maximum atomic E-state index is 5.64. The van der Waals surface area contributed by atoms with Gasteiger partial charge in [0.05, 0.1) is 12.9 Å². The molecule has 6 nitrogen and oxygen atoms in total. The van der Waals surface area contributed by atoms with Gasteiger partial charge >= 0.3 is 0 Å². The van der Waals surface area contributed by atoms with E-state index in [1.54, 1.807) is 6.26 Å². The molecule has 0 bridgehead atoms. The van der Waals surface area contributed by atoms with Crippen LogP contribution in [-0.4, -0.2) is 52.0 Å². The van der Waals surface area contributed by atoms with Crippen molar-refractivity contribution >= 4 is 5.96 Å². The molecular weight excluding hydrogens is 354 g/mol. The molecule has 158 valence electrons. The molecule has 2 N–H and O–H groups in total. The second kappa shape index (κ2) is 11.5. The van der Waals surface area contributed by atoms with Gasteiger partial charge in [0.2, 0.25) is 0 Å². The summed E-state index contributed by atoms with van der Waals surface area (Å²) in [5, 5.41) is 7.04. The molecule has 3 rings (SSSR count). The van der Waals surface area contributed by atoms with Crippen LogP contribution in [0.1, 0.15) is 51.2 Å². The number of nitrogens with one attached hydrogen (secondary N) is 2. The van der Waals surface area contributed by atoms with E-state index in [9.17, 15) is 0 Å². The van der Waals surface area contributed by atoms with Gasteiger partial charge in [0.1, 0.15) is 5.76 Å². The molecule has 1 aromatic rings. The summed E-state index contributed by atoms with van der Waals surface area (Å²) in [6.07, 6.45) is 9.98. The quantitative estimate of drug-likeness (QED) is 0.344. The zero-order chi connectivity index (χ0) is 19.5. The van der Waals surface area contributed by atoms with Crippen molar-refractivity contribution in [2.75, 3.05) is 46.1 Å². The monoisotopic (exact) mass is 391 g/mol. The first-order chi connectivity index (χ1) is 13.8. The lowest BCUT2D eigenvalue weighted by molar-refractivity contribution is 0.107. The Bertz CT molecular complexity index is 562. The standard InChI is InChI=1S/C22H37N3O3/c1-2-26-15-11-22(9-3-4-10-22)18-25-21(24-16-19-8-14-27-17-19)23-12-7-20-6-5-13-28-20/h5-6,13,19H,2-4,7-12,14-18H2,1H3,(H2,23,24,25). The summed E-state index contributed by atoms with van der Waals surface area (Å²) in [7, 11) is 0. The summed E-state index contributed by atoms with van der Waals surface area (Å²) in [5.41, 5.74) is 0.307. The predicted octanol–water partition coefficient (Wildman–Crippen LogP) is 3.38. The van der Waals surface area contributed by atoms with Crippen molar-refractivity contribution in [2.45, 2.75) is 51.9 Å². The van der Waals surface area contributed by atoms with Crippen molar-refractivity contribution in [3.63, 3.8) is 0 Å². The van der Waals surface area contributed by atoms with Gasteiger partial charge in [-0.25, -0.2) is 0 Å². The molecule has 1 unspecified atom stereocenters. The number of ether oxygens (including phenoxy) is 2. The van der Waals surface area contributed by atoms with Crippen LogP contribution in [0.15, 0.2) is 27.8 Å². The summed E-state index contributed by atoms with van der Waals surface area (Å²) in [6.45, 7) is 8.04. The van der Waals surface area contributed by atoms with Crippen molar-refractivity contribution in [2.24, 2.45) is 16.3 Å². The van der Waals surface area contributed by atoms with Crippen molar-refractivity contribution in [3.05, 3.63) is 24.2 Å². The van der Waals surface area contributed by atoms with Crippen LogP contribution < -0.4 is 10.6 Å². The fourth-order valence-corrected chi connectivity index (χ4v) is 4.21. The van der Waals surface area contributed by atoms with Crippen LogP contribution in [0.3, 0.4) is 0 Å². The maximum absolute atomic E-state index is 5.64. The van der Waals surface area contributed by atoms with E-state index in [2.05, 4.69) is 17.6 Å². The number of hydrogen-bond acceptors (Lipinski definition) is 4. The highest BCUT2D eigenvalue weighted by atomic mass is 16.5.